The molecule has 21 heavy (non-hydrogen) atoms. The molecule has 2 rings (SSSR count). The molecule has 0 saturated carbocycles. The third kappa shape index (κ3) is 3.20. The van der Waals surface area contributed by atoms with Crippen molar-refractivity contribution in [2.24, 2.45) is 0 Å². The molecule has 0 bridgehead atoms. The van der Waals surface area contributed by atoms with E-state index in [4.69, 9.17) is 14.2 Å². The maximum atomic E-state index is 10.6. The quantitative estimate of drug-likeness (QED) is 0.829. The van der Waals surface area contributed by atoms with Crippen molar-refractivity contribution in [3.63, 3.8) is 0 Å². The average Bonchev–Trinajstić information content (AvgIpc) is 2.47. The summed E-state index contributed by atoms with van der Waals surface area (Å²) in [7, 11) is 2.97. The fourth-order valence-corrected chi connectivity index (χ4v) is 1.94. The SMILES string of the molecule is COc1cc(C(C)(O)Oc2ccccc2OC)ccc1O. The Kier molecular flexibility index (Phi) is 4.23. The molecule has 1 unspecified atom stereocenters. The van der Waals surface area contributed by atoms with Crippen LogP contribution in [0.3, 0.4) is 0 Å². The highest BCUT2D eigenvalue weighted by molar-refractivity contribution is 5.44. The van der Waals surface area contributed by atoms with E-state index in [1.54, 1.807) is 24.3 Å². The Morgan fingerprint density at radius 3 is 2.14 bits per heavy atom. The Labute approximate surface area is 123 Å². The summed E-state index contributed by atoms with van der Waals surface area (Å²) in [6.07, 6.45) is 0. The van der Waals surface area contributed by atoms with Crippen molar-refractivity contribution in [3.8, 4) is 23.0 Å². The highest BCUT2D eigenvalue weighted by atomic mass is 16.6. The highest BCUT2D eigenvalue weighted by Crippen LogP contribution is 2.35. The standard InChI is InChI=1S/C16H18O5/c1-16(18,11-8-9-12(17)15(10-11)20-3)21-14-7-5-4-6-13(14)19-2/h4-10,17-18H,1-3H3. The molecule has 1 atom stereocenters. The fourth-order valence-electron chi connectivity index (χ4n) is 1.94. The molecule has 5 nitrogen and oxygen atoms in total. The Morgan fingerprint density at radius 1 is 0.905 bits per heavy atom. The normalized spacial score (nSPS) is 13.3. The first-order valence-corrected chi connectivity index (χ1v) is 6.40. The molecule has 0 heterocycles. The van der Waals surface area contributed by atoms with Crippen LogP contribution in [0.2, 0.25) is 0 Å². The summed E-state index contributed by atoms with van der Waals surface area (Å²) in [5.41, 5.74) is 0.447. The van der Waals surface area contributed by atoms with Crippen molar-refractivity contribution in [1.29, 1.82) is 0 Å². The number of hydrogen-bond acceptors (Lipinski definition) is 5. The van der Waals surface area contributed by atoms with Crippen LogP contribution in [0, 0.1) is 0 Å². The third-order valence-electron chi connectivity index (χ3n) is 3.09. The molecule has 0 aliphatic heterocycles. The molecule has 0 aliphatic rings. The molecule has 0 fully saturated rings. The lowest BCUT2D eigenvalue weighted by Crippen LogP contribution is -2.29. The number of hydrogen-bond donors (Lipinski definition) is 2. The van der Waals surface area contributed by atoms with Gasteiger partial charge >= 0.3 is 0 Å². The van der Waals surface area contributed by atoms with Crippen LogP contribution < -0.4 is 14.2 Å². The summed E-state index contributed by atoms with van der Waals surface area (Å²) in [6.45, 7) is 1.51. The second kappa shape index (κ2) is 5.93. The molecule has 0 aliphatic carbocycles. The molecule has 0 amide bonds. The zero-order valence-electron chi connectivity index (χ0n) is 12.2. The van der Waals surface area contributed by atoms with Crippen LogP contribution in [0.15, 0.2) is 42.5 Å². The predicted octanol–water partition coefficient (Wildman–Crippen LogP) is 2.65. The van der Waals surface area contributed by atoms with Crippen molar-refractivity contribution >= 4 is 0 Å². The van der Waals surface area contributed by atoms with Crippen molar-refractivity contribution in [3.05, 3.63) is 48.0 Å². The summed E-state index contributed by atoms with van der Waals surface area (Å²) in [5, 5.41) is 20.2. The maximum Gasteiger partial charge on any atom is 0.232 e. The van der Waals surface area contributed by atoms with Gasteiger partial charge in [0.2, 0.25) is 5.79 Å². The van der Waals surface area contributed by atoms with E-state index in [-0.39, 0.29) is 11.5 Å². The van der Waals surface area contributed by atoms with Gasteiger partial charge in [-0.1, -0.05) is 12.1 Å². The highest BCUT2D eigenvalue weighted by Gasteiger charge is 2.27. The number of methoxy groups -OCH3 is 2. The Hall–Kier alpha value is -2.40. The van der Waals surface area contributed by atoms with E-state index in [1.165, 1.54) is 33.3 Å². The minimum absolute atomic E-state index is 0.00524. The summed E-state index contributed by atoms with van der Waals surface area (Å²) in [6, 6.07) is 11.6. The van der Waals surface area contributed by atoms with Crippen LogP contribution in [-0.2, 0) is 5.79 Å². The van der Waals surface area contributed by atoms with Crippen LogP contribution in [-0.4, -0.2) is 24.4 Å². The van der Waals surface area contributed by atoms with Gasteiger partial charge in [-0.25, -0.2) is 0 Å². The van der Waals surface area contributed by atoms with E-state index in [1.807, 2.05) is 6.07 Å². The van der Waals surface area contributed by atoms with Gasteiger partial charge < -0.3 is 24.4 Å². The molecular formula is C16H18O5. The lowest BCUT2D eigenvalue weighted by atomic mass is 10.1. The van der Waals surface area contributed by atoms with Crippen molar-refractivity contribution in [1.82, 2.24) is 0 Å². The second-order valence-corrected chi connectivity index (χ2v) is 4.62. The first-order valence-electron chi connectivity index (χ1n) is 6.40. The molecule has 5 heteroatoms. The van der Waals surface area contributed by atoms with Gasteiger partial charge in [-0.2, -0.15) is 0 Å². The molecule has 2 aromatic rings. The second-order valence-electron chi connectivity index (χ2n) is 4.62. The van der Waals surface area contributed by atoms with Crippen LogP contribution in [0.5, 0.6) is 23.0 Å². The van der Waals surface area contributed by atoms with Gasteiger partial charge in [0.15, 0.2) is 23.0 Å². The lowest BCUT2D eigenvalue weighted by molar-refractivity contribution is -0.130. The van der Waals surface area contributed by atoms with Crippen molar-refractivity contribution in [2.45, 2.75) is 12.7 Å². The number of aromatic hydroxyl groups is 1. The first-order chi connectivity index (χ1) is 9.97. The summed E-state index contributed by atoms with van der Waals surface area (Å²) < 4.78 is 15.9. The number of benzene rings is 2. The van der Waals surface area contributed by atoms with Gasteiger partial charge in [0, 0.05) is 12.5 Å². The van der Waals surface area contributed by atoms with Gasteiger partial charge in [-0.3, -0.25) is 0 Å². The van der Waals surface area contributed by atoms with Crippen LogP contribution in [0.25, 0.3) is 0 Å². The predicted molar refractivity (Wildman–Crippen MR) is 77.9 cm³/mol. The zero-order chi connectivity index (χ0) is 15.5. The van der Waals surface area contributed by atoms with Gasteiger partial charge in [0.1, 0.15) is 0 Å². The van der Waals surface area contributed by atoms with E-state index in [2.05, 4.69) is 0 Å². The third-order valence-corrected chi connectivity index (χ3v) is 3.09. The Balaban J connectivity index is 2.33. The molecule has 2 N–H and O–H groups in total. The number of rotatable bonds is 5. The number of ether oxygens (including phenoxy) is 3. The molecule has 0 saturated heterocycles. The van der Waals surface area contributed by atoms with Crippen molar-refractivity contribution in [2.75, 3.05) is 14.2 Å². The van der Waals surface area contributed by atoms with Gasteiger partial charge in [-0.15, -0.1) is 0 Å². The summed E-state index contributed by atoms with van der Waals surface area (Å²) in [5.74, 6) is -0.415. The zero-order valence-corrected chi connectivity index (χ0v) is 12.2. The minimum atomic E-state index is -1.60. The Morgan fingerprint density at radius 2 is 1.52 bits per heavy atom. The minimum Gasteiger partial charge on any atom is -0.504 e. The van der Waals surface area contributed by atoms with E-state index in [0.29, 0.717) is 17.1 Å². The molecule has 0 aromatic heterocycles. The van der Waals surface area contributed by atoms with E-state index in [0.717, 1.165) is 0 Å². The monoisotopic (exact) mass is 290 g/mol. The number of para-hydroxylation sites is 2. The first kappa shape index (κ1) is 15.0. The van der Waals surface area contributed by atoms with Crippen LogP contribution >= 0.6 is 0 Å². The Bertz CT molecular complexity index is 622. The van der Waals surface area contributed by atoms with Crippen LogP contribution in [0.1, 0.15) is 12.5 Å². The number of phenols is 1. The molecule has 0 radical (unpaired) electrons. The molecule has 2 aromatic carbocycles. The van der Waals surface area contributed by atoms with E-state index in [9.17, 15) is 10.2 Å². The van der Waals surface area contributed by atoms with Gasteiger partial charge in [0.05, 0.1) is 14.2 Å². The maximum absolute atomic E-state index is 10.6. The topological polar surface area (TPSA) is 68.2 Å². The summed E-state index contributed by atoms with van der Waals surface area (Å²) in [4.78, 5) is 0. The smallest absolute Gasteiger partial charge is 0.232 e. The number of phenolic OH excluding ortho intramolecular Hbond substituents is 1. The molecular weight excluding hydrogens is 272 g/mol. The van der Waals surface area contributed by atoms with Crippen LogP contribution in [0.4, 0.5) is 0 Å². The molecule has 0 spiro atoms. The average molecular weight is 290 g/mol. The van der Waals surface area contributed by atoms with Gasteiger partial charge in [0.25, 0.3) is 0 Å². The largest absolute Gasteiger partial charge is 0.504 e. The lowest BCUT2D eigenvalue weighted by Gasteiger charge is -2.26. The van der Waals surface area contributed by atoms with E-state index < -0.39 is 5.79 Å². The fraction of sp³-hybridized carbons (Fsp3) is 0.250. The van der Waals surface area contributed by atoms with Gasteiger partial charge in [-0.05, 0) is 30.3 Å². The van der Waals surface area contributed by atoms with E-state index >= 15 is 0 Å². The number of aliphatic hydroxyl groups is 1. The summed E-state index contributed by atoms with van der Waals surface area (Å²) >= 11 is 0. The molecule has 112 valence electrons. The van der Waals surface area contributed by atoms with Crippen molar-refractivity contribution < 1.29 is 24.4 Å².